The number of hydrogen-bond acceptors (Lipinski definition) is 4. The van der Waals surface area contributed by atoms with Gasteiger partial charge in [-0.2, -0.15) is 0 Å². The van der Waals surface area contributed by atoms with Gasteiger partial charge in [0.25, 0.3) is 0 Å². The van der Waals surface area contributed by atoms with E-state index in [4.69, 9.17) is 7.85 Å². The lowest BCUT2D eigenvalue weighted by molar-refractivity contribution is -0.107. The zero-order chi connectivity index (χ0) is 17.9. The van der Waals surface area contributed by atoms with Crippen LogP contribution in [0.25, 0.3) is 11.1 Å². The Labute approximate surface area is 143 Å². The number of aromatic nitrogens is 1. The highest BCUT2D eigenvalue weighted by Crippen LogP contribution is 2.31. The second kappa shape index (κ2) is 7.21. The molecule has 0 spiro atoms. The molecular formula is C18H20BN3O2. The maximum atomic E-state index is 11.4. The Kier molecular flexibility index (Phi) is 5.29. The van der Waals surface area contributed by atoms with E-state index < -0.39 is 0 Å². The van der Waals surface area contributed by atoms with Gasteiger partial charge in [-0.05, 0) is 43.2 Å². The summed E-state index contributed by atoms with van der Waals surface area (Å²) in [4.78, 5) is 18.8. The lowest BCUT2D eigenvalue weighted by Gasteiger charge is -2.18. The second-order valence-electron chi connectivity index (χ2n) is 5.82. The van der Waals surface area contributed by atoms with Crippen LogP contribution in [0.15, 0.2) is 36.7 Å². The predicted octanol–water partition coefficient (Wildman–Crippen LogP) is 1.86. The Hall–Kier alpha value is -2.76. The quantitative estimate of drug-likeness (QED) is 0.675. The molecule has 24 heavy (non-hydrogen) atoms. The van der Waals surface area contributed by atoms with Crippen LogP contribution in [-0.4, -0.2) is 43.3 Å². The highest BCUT2D eigenvalue weighted by Gasteiger charge is 2.12. The largest absolute Gasteiger partial charge is 0.506 e. The molecule has 2 radical (unpaired) electrons. The summed E-state index contributed by atoms with van der Waals surface area (Å²) in [5.74, 6) is -0.0347. The molecule has 2 aromatic rings. The number of hydrogen-bond donors (Lipinski definition) is 1. The fraction of sp³-hybridized carbons (Fsp3) is 0.222. The number of aryl methyl sites for hydroxylation is 2. The topological polar surface area (TPSA) is 56.7 Å². The average molecular weight is 321 g/mol. The van der Waals surface area contributed by atoms with Crippen LogP contribution in [-0.2, 0) is 4.79 Å². The Morgan fingerprint density at radius 1 is 1.17 bits per heavy atom. The molecule has 5 nitrogen and oxygen atoms in total. The Bertz CT molecular complexity index is 788. The molecule has 1 aromatic carbocycles. The van der Waals surface area contributed by atoms with Crippen molar-refractivity contribution in [3.05, 3.63) is 47.9 Å². The molecule has 1 heterocycles. The van der Waals surface area contributed by atoms with E-state index in [0.29, 0.717) is 5.56 Å². The molecule has 0 atom stereocenters. The van der Waals surface area contributed by atoms with Crippen molar-refractivity contribution in [3.8, 4) is 16.9 Å². The van der Waals surface area contributed by atoms with Gasteiger partial charge in [0.1, 0.15) is 13.6 Å². The van der Waals surface area contributed by atoms with Crippen molar-refractivity contribution < 1.29 is 9.90 Å². The summed E-state index contributed by atoms with van der Waals surface area (Å²) in [5.41, 5.74) is 3.94. The Morgan fingerprint density at radius 3 is 2.46 bits per heavy atom. The number of anilines is 1. The summed E-state index contributed by atoms with van der Waals surface area (Å²) in [5, 5.41) is 10.2. The fourth-order valence-electron chi connectivity index (χ4n) is 2.40. The van der Waals surface area contributed by atoms with Crippen LogP contribution in [0.4, 0.5) is 5.69 Å². The number of nitrogens with zero attached hydrogens (tertiary/aromatic N) is 3. The SMILES string of the molecule is [B]c1nc(C)cc(-c2ccc(N(C=O)/C=C\N(C)C)c(C)c2)c1O. The van der Waals surface area contributed by atoms with E-state index >= 15 is 0 Å². The molecule has 1 amide bonds. The van der Waals surface area contributed by atoms with Crippen molar-refractivity contribution >= 4 is 25.5 Å². The molecule has 1 aromatic heterocycles. The molecule has 0 aliphatic rings. The molecule has 0 unspecified atom stereocenters. The number of aromatic hydroxyl groups is 1. The molecule has 0 saturated carbocycles. The molecule has 6 heteroatoms. The van der Waals surface area contributed by atoms with Crippen LogP contribution in [0.1, 0.15) is 11.3 Å². The van der Waals surface area contributed by atoms with Crippen molar-refractivity contribution in [2.75, 3.05) is 19.0 Å². The van der Waals surface area contributed by atoms with Crippen molar-refractivity contribution in [3.63, 3.8) is 0 Å². The van der Waals surface area contributed by atoms with Gasteiger partial charge in [-0.3, -0.25) is 14.7 Å². The van der Waals surface area contributed by atoms with Gasteiger partial charge in [0.15, 0.2) is 0 Å². The second-order valence-corrected chi connectivity index (χ2v) is 5.82. The highest BCUT2D eigenvalue weighted by atomic mass is 16.3. The first-order chi connectivity index (χ1) is 11.3. The summed E-state index contributed by atoms with van der Waals surface area (Å²) in [6.07, 6.45) is 4.25. The lowest BCUT2D eigenvalue weighted by Crippen LogP contribution is -2.16. The lowest BCUT2D eigenvalue weighted by atomic mass is 9.94. The number of rotatable bonds is 5. The van der Waals surface area contributed by atoms with E-state index in [0.717, 1.165) is 28.9 Å². The zero-order valence-corrected chi connectivity index (χ0v) is 14.3. The van der Waals surface area contributed by atoms with Gasteiger partial charge in [-0.1, -0.05) is 6.07 Å². The molecule has 122 valence electrons. The molecule has 0 aliphatic carbocycles. The van der Waals surface area contributed by atoms with Gasteiger partial charge in [0.05, 0.1) is 5.69 Å². The van der Waals surface area contributed by atoms with Crippen LogP contribution >= 0.6 is 0 Å². The Balaban J connectivity index is 2.45. The van der Waals surface area contributed by atoms with Crippen molar-refractivity contribution in [1.82, 2.24) is 9.88 Å². The molecule has 0 saturated heterocycles. The first kappa shape index (κ1) is 17.6. The van der Waals surface area contributed by atoms with E-state index in [2.05, 4.69) is 4.98 Å². The van der Waals surface area contributed by atoms with Gasteiger partial charge in [-0.15, -0.1) is 0 Å². The number of pyridine rings is 1. The van der Waals surface area contributed by atoms with Crippen LogP contribution in [0.5, 0.6) is 5.75 Å². The summed E-state index contributed by atoms with van der Waals surface area (Å²) in [6.45, 7) is 3.73. The summed E-state index contributed by atoms with van der Waals surface area (Å²) in [6, 6.07) is 7.37. The van der Waals surface area contributed by atoms with Gasteiger partial charge in [0, 0.05) is 43.3 Å². The maximum absolute atomic E-state index is 11.4. The van der Waals surface area contributed by atoms with Crippen LogP contribution in [0.3, 0.4) is 0 Å². The third-order valence-corrected chi connectivity index (χ3v) is 3.57. The number of amides is 1. The summed E-state index contributed by atoms with van der Waals surface area (Å²) >= 11 is 0. The van der Waals surface area contributed by atoms with Gasteiger partial charge < -0.3 is 10.0 Å². The van der Waals surface area contributed by atoms with Crippen LogP contribution in [0.2, 0.25) is 0 Å². The summed E-state index contributed by atoms with van der Waals surface area (Å²) in [7, 11) is 9.50. The number of carbonyl (C=O) groups excluding carboxylic acids is 1. The monoisotopic (exact) mass is 321 g/mol. The van der Waals surface area contributed by atoms with E-state index in [-0.39, 0.29) is 11.3 Å². The van der Waals surface area contributed by atoms with Crippen molar-refractivity contribution in [2.24, 2.45) is 0 Å². The fourth-order valence-corrected chi connectivity index (χ4v) is 2.40. The van der Waals surface area contributed by atoms with Crippen LogP contribution in [0, 0.1) is 13.8 Å². The third-order valence-electron chi connectivity index (χ3n) is 3.57. The van der Waals surface area contributed by atoms with Crippen molar-refractivity contribution in [1.29, 1.82) is 0 Å². The number of carbonyl (C=O) groups is 1. The van der Waals surface area contributed by atoms with Crippen LogP contribution < -0.4 is 10.5 Å². The van der Waals surface area contributed by atoms with Crippen molar-refractivity contribution in [2.45, 2.75) is 13.8 Å². The smallest absolute Gasteiger partial charge is 0.218 e. The molecule has 2 rings (SSSR count). The van der Waals surface area contributed by atoms with Gasteiger partial charge >= 0.3 is 0 Å². The van der Waals surface area contributed by atoms with E-state index in [1.54, 1.807) is 18.5 Å². The zero-order valence-electron chi connectivity index (χ0n) is 14.3. The predicted molar refractivity (Wildman–Crippen MR) is 97.6 cm³/mol. The van der Waals surface area contributed by atoms with Gasteiger partial charge in [0.2, 0.25) is 6.41 Å². The van der Waals surface area contributed by atoms with Gasteiger partial charge in [-0.25, -0.2) is 0 Å². The third kappa shape index (κ3) is 3.77. The number of benzene rings is 1. The minimum atomic E-state index is -0.0347. The minimum absolute atomic E-state index is 0.0347. The first-order valence-electron chi connectivity index (χ1n) is 7.49. The molecule has 0 bridgehead atoms. The average Bonchev–Trinajstić information content (AvgIpc) is 2.52. The van der Waals surface area contributed by atoms with E-state index in [1.807, 2.05) is 51.0 Å². The molecule has 0 aliphatic heterocycles. The molecule has 1 N–H and O–H groups in total. The Morgan fingerprint density at radius 2 is 1.88 bits per heavy atom. The standard InChI is InChI=1S/C18H20BN3O2/c1-12-9-14(15-10-13(2)20-18(19)17(15)24)5-6-16(12)22(11-23)8-7-21(3)4/h5-11,24H,1-4H3/b8-7-. The van der Waals surface area contributed by atoms with E-state index in [9.17, 15) is 9.90 Å². The minimum Gasteiger partial charge on any atom is -0.506 e. The van der Waals surface area contributed by atoms with E-state index in [1.165, 1.54) is 4.90 Å². The maximum Gasteiger partial charge on any atom is 0.218 e. The summed E-state index contributed by atoms with van der Waals surface area (Å²) < 4.78 is 0. The molecule has 0 fully saturated rings. The normalized spacial score (nSPS) is 10.8. The first-order valence-corrected chi connectivity index (χ1v) is 7.49. The molecular weight excluding hydrogens is 301 g/mol. The highest BCUT2D eigenvalue weighted by molar-refractivity contribution is 6.33.